The number of anilines is 1. The Morgan fingerprint density at radius 3 is 2.53 bits per heavy atom. The molecule has 0 aliphatic rings. The number of ether oxygens (including phenoxy) is 1. The van der Waals surface area contributed by atoms with Crippen molar-refractivity contribution in [3.8, 4) is 0 Å². The summed E-state index contributed by atoms with van der Waals surface area (Å²) in [7, 11) is 0. The van der Waals surface area contributed by atoms with E-state index >= 15 is 0 Å². The molecule has 0 atom stereocenters. The Bertz CT molecular complexity index is 574. The quantitative estimate of drug-likeness (QED) is 0.856. The molecule has 1 aromatic heterocycles. The summed E-state index contributed by atoms with van der Waals surface area (Å²) < 4.78 is 9.92. The molecule has 98 valence electrons. The zero-order valence-electron chi connectivity index (χ0n) is 10.4. The number of furan rings is 1. The van der Waals surface area contributed by atoms with Crippen molar-refractivity contribution in [2.75, 3.05) is 11.9 Å². The molecule has 2 rings (SSSR count). The van der Waals surface area contributed by atoms with E-state index in [4.69, 9.17) is 9.15 Å². The van der Waals surface area contributed by atoms with Crippen molar-refractivity contribution in [3.05, 3.63) is 54.0 Å². The van der Waals surface area contributed by atoms with Gasteiger partial charge in [0, 0.05) is 5.69 Å². The van der Waals surface area contributed by atoms with Gasteiger partial charge in [-0.2, -0.15) is 0 Å². The van der Waals surface area contributed by atoms with E-state index in [0.29, 0.717) is 11.4 Å². The fraction of sp³-hybridized carbons (Fsp3) is 0.143. The Hall–Kier alpha value is -2.56. The lowest BCUT2D eigenvalue weighted by Crippen LogP contribution is -2.20. The van der Waals surface area contributed by atoms with Gasteiger partial charge in [-0.1, -0.05) is 18.2 Å². The van der Waals surface area contributed by atoms with Crippen molar-refractivity contribution in [2.24, 2.45) is 0 Å². The summed E-state index contributed by atoms with van der Waals surface area (Å²) in [4.78, 5) is 23.1. The van der Waals surface area contributed by atoms with Gasteiger partial charge >= 0.3 is 5.97 Å². The Morgan fingerprint density at radius 2 is 1.89 bits per heavy atom. The average Bonchev–Trinajstić information content (AvgIpc) is 2.84. The first-order valence-corrected chi connectivity index (χ1v) is 5.73. The van der Waals surface area contributed by atoms with Gasteiger partial charge in [0.05, 0.1) is 0 Å². The molecule has 0 saturated heterocycles. The first kappa shape index (κ1) is 12.9. The molecule has 0 spiro atoms. The lowest BCUT2D eigenvalue weighted by Gasteiger charge is -2.05. The van der Waals surface area contributed by atoms with Crippen LogP contribution in [0.15, 0.2) is 46.9 Å². The van der Waals surface area contributed by atoms with Crippen molar-refractivity contribution < 1.29 is 18.7 Å². The van der Waals surface area contributed by atoms with Gasteiger partial charge in [-0.15, -0.1) is 0 Å². The highest BCUT2D eigenvalue weighted by Gasteiger charge is 2.13. The second-order valence-electron chi connectivity index (χ2n) is 3.90. The van der Waals surface area contributed by atoms with Crippen LogP contribution in [0, 0.1) is 6.92 Å². The van der Waals surface area contributed by atoms with E-state index in [2.05, 4.69) is 5.32 Å². The summed E-state index contributed by atoms with van der Waals surface area (Å²) in [6.07, 6.45) is 0. The Kier molecular flexibility index (Phi) is 3.97. The number of rotatable bonds is 4. The van der Waals surface area contributed by atoms with Crippen LogP contribution in [0.5, 0.6) is 0 Å². The summed E-state index contributed by atoms with van der Waals surface area (Å²) in [5.41, 5.74) is 0.650. The first-order chi connectivity index (χ1) is 9.15. The number of nitrogens with one attached hydrogen (secondary N) is 1. The standard InChI is InChI=1S/C14H13NO4/c1-10-7-8-12(19-10)14(17)18-9-13(16)15-11-5-3-2-4-6-11/h2-8H,9H2,1H3,(H,15,16). The number of amides is 1. The molecule has 0 bridgehead atoms. The Labute approximate surface area is 110 Å². The van der Waals surface area contributed by atoms with E-state index in [0.717, 1.165) is 0 Å². The summed E-state index contributed by atoms with van der Waals surface area (Å²) in [6, 6.07) is 12.1. The van der Waals surface area contributed by atoms with Crippen molar-refractivity contribution in [1.82, 2.24) is 0 Å². The molecule has 0 aliphatic heterocycles. The van der Waals surface area contributed by atoms with Gasteiger partial charge in [-0.25, -0.2) is 4.79 Å². The van der Waals surface area contributed by atoms with Crippen molar-refractivity contribution >= 4 is 17.6 Å². The molecule has 0 fully saturated rings. The minimum Gasteiger partial charge on any atom is -0.454 e. The van der Waals surface area contributed by atoms with Gasteiger partial charge in [-0.05, 0) is 31.2 Å². The van der Waals surface area contributed by atoms with Crippen LogP contribution in [-0.2, 0) is 9.53 Å². The maximum atomic E-state index is 11.5. The van der Waals surface area contributed by atoms with E-state index in [1.807, 2.05) is 6.07 Å². The average molecular weight is 259 g/mol. The maximum Gasteiger partial charge on any atom is 0.374 e. The normalized spacial score (nSPS) is 9.95. The molecule has 1 amide bonds. The summed E-state index contributed by atoms with van der Waals surface area (Å²) in [5, 5.41) is 2.61. The number of carbonyl (C=O) groups is 2. The molecule has 5 heteroatoms. The van der Waals surface area contributed by atoms with E-state index in [1.165, 1.54) is 6.07 Å². The third-order valence-electron chi connectivity index (χ3n) is 2.33. The van der Waals surface area contributed by atoms with Gasteiger partial charge in [0.25, 0.3) is 5.91 Å². The van der Waals surface area contributed by atoms with Crippen LogP contribution in [0.25, 0.3) is 0 Å². The van der Waals surface area contributed by atoms with Crippen LogP contribution in [-0.4, -0.2) is 18.5 Å². The number of esters is 1. The lowest BCUT2D eigenvalue weighted by molar-refractivity contribution is -0.119. The fourth-order valence-electron chi connectivity index (χ4n) is 1.47. The molecule has 0 radical (unpaired) electrons. The highest BCUT2D eigenvalue weighted by Crippen LogP contribution is 2.08. The van der Waals surface area contributed by atoms with Gasteiger partial charge in [0.1, 0.15) is 5.76 Å². The van der Waals surface area contributed by atoms with Gasteiger partial charge in [0.2, 0.25) is 5.76 Å². The van der Waals surface area contributed by atoms with Gasteiger partial charge in [-0.3, -0.25) is 4.79 Å². The SMILES string of the molecule is Cc1ccc(C(=O)OCC(=O)Nc2ccccc2)o1. The summed E-state index contributed by atoms with van der Waals surface area (Å²) in [5.74, 6) is -0.357. The molecular formula is C14H13NO4. The van der Waals surface area contributed by atoms with Crippen LogP contribution in [0.2, 0.25) is 0 Å². The fourth-order valence-corrected chi connectivity index (χ4v) is 1.47. The van der Waals surface area contributed by atoms with E-state index in [1.54, 1.807) is 37.3 Å². The largest absolute Gasteiger partial charge is 0.454 e. The van der Waals surface area contributed by atoms with Crippen molar-refractivity contribution in [3.63, 3.8) is 0 Å². The highest BCUT2D eigenvalue weighted by molar-refractivity contribution is 5.94. The third kappa shape index (κ3) is 3.70. The number of benzene rings is 1. The van der Waals surface area contributed by atoms with E-state index in [9.17, 15) is 9.59 Å². The molecule has 0 saturated carbocycles. The van der Waals surface area contributed by atoms with Crippen LogP contribution in [0.3, 0.4) is 0 Å². The Balaban J connectivity index is 1.82. The van der Waals surface area contributed by atoms with Crippen LogP contribution >= 0.6 is 0 Å². The van der Waals surface area contributed by atoms with Gasteiger partial charge < -0.3 is 14.5 Å². The molecule has 1 aromatic carbocycles. The number of carbonyl (C=O) groups excluding carboxylic acids is 2. The van der Waals surface area contributed by atoms with Crippen LogP contribution in [0.1, 0.15) is 16.3 Å². The summed E-state index contributed by atoms with van der Waals surface area (Å²) in [6.45, 7) is 1.37. The van der Waals surface area contributed by atoms with Gasteiger partial charge in [0.15, 0.2) is 6.61 Å². The smallest absolute Gasteiger partial charge is 0.374 e. The zero-order valence-corrected chi connectivity index (χ0v) is 10.4. The monoisotopic (exact) mass is 259 g/mol. The van der Waals surface area contributed by atoms with Crippen LogP contribution < -0.4 is 5.32 Å². The molecule has 19 heavy (non-hydrogen) atoms. The van der Waals surface area contributed by atoms with E-state index in [-0.39, 0.29) is 12.4 Å². The molecule has 0 aliphatic carbocycles. The second kappa shape index (κ2) is 5.86. The predicted octanol–water partition coefficient (Wildman–Crippen LogP) is 2.38. The lowest BCUT2D eigenvalue weighted by atomic mass is 10.3. The van der Waals surface area contributed by atoms with Crippen molar-refractivity contribution in [2.45, 2.75) is 6.92 Å². The predicted molar refractivity (Wildman–Crippen MR) is 68.8 cm³/mol. The zero-order chi connectivity index (χ0) is 13.7. The number of hydrogen-bond acceptors (Lipinski definition) is 4. The van der Waals surface area contributed by atoms with E-state index < -0.39 is 11.9 Å². The minimum atomic E-state index is -0.656. The maximum absolute atomic E-state index is 11.5. The van der Waals surface area contributed by atoms with Crippen LogP contribution in [0.4, 0.5) is 5.69 Å². The number of aryl methyl sites for hydroxylation is 1. The molecule has 2 aromatic rings. The summed E-state index contributed by atoms with van der Waals surface area (Å²) >= 11 is 0. The minimum absolute atomic E-state index is 0.0880. The second-order valence-corrected chi connectivity index (χ2v) is 3.90. The molecule has 1 heterocycles. The molecule has 1 N–H and O–H groups in total. The van der Waals surface area contributed by atoms with Crippen molar-refractivity contribution in [1.29, 1.82) is 0 Å². The topological polar surface area (TPSA) is 68.5 Å². The molecule has 0 unspecified atom stereocenters. The number of para-hydroxylation sites is 1. The molecule has 5 nitrogen and oxygen atoms in total. The molecular weight excluding hydrogens is 246 g/mol. The Morgan fingerprint density at radius 1 is 1.16 bits per heavy atom. The number of hydrogen-bond donors (Lipinski definition) is 1. The first-order valence-electron chi connectivity index (χ1n) is 5.73. The highest BCUT2D eigenvalue weighted by atomic mass is 16.5. The third-order valence-corrected chi connectivity index (χ3v) is 2.33.